The summed E-state index contributed by atoms with van der Waals surface area (Å²) in [5, 5.41) is 23.1. The molecule has 13 nitrogen and oxygen atoms in total. The Balaban J connectivity index is 0.000000418. The Labute approximate surface area is 261 Å². The average Bonchev–Trinajstić information content (AvgIpc) is 3.80. The molecular formula is C30H39ClN10O3. The van der Waals surface area contributed by atoms with Crippen LogP contribution in [0.5, 0.6) is 5.75 Å². The van der Waals surface area contributed by atoms with Crippen LogP contribution in [0.2, 0.25) is 5.02 Å². The zero-order valence-corrected chi connectivity index (χ0v) is 26.5. The minimum atomic E-state index is -0.379. The topological polar surface area (TPSA) is 129 Å². The highest BCUT2D eigenvalue weighted by atomic mass is 35.5. The zero-order chi connectivity index (χ0) is 31.4. The second kappa shape index (κ2) is 13.7. The number of halogens is 1. The van der Waals surface area contributed by atoms with Crippen molar-refractivity contribution in [1.29, 1.82) is 0 Å². The van der Waals surface area contributed by atoms with Crippen molar-refractivity contribution in [2.45, 2.75) is 24.9 Å². The number of nitrogens with zero attached hydrogens (tertiary/aromatic N) is 8. The van der Waals surface area contributed by atoms with Gasteiger partial charge in [0.2, 0.25) is 5.95 Å². The number of anilines is 3. The van der Waals surface area contributed by atoms with Crippen molar-refractivity contribution in [3.05, 3.63) is 64.1 Å². The minimum absolute atomic E-state index is 0.0190. The van der Waals surface area contributed by atoms with Crippen LogP contribution in [0.3, 0.4) is 0 Å². The van der Waals surface area contributed by atoms with Crippen LogP contribution in [0.1, 0.15) is 12.8 Å². The van der Waals surface area contributed by atoms with Gasteiger partial charge in [0.25, 0.3) is 5.69 Å². The number of hydrogen-bond acceptors (Lipinski definition) is 11. The van der Waals surface area contributed by atoms with Crippen LogP contribution < -0.4 is 20.3 Å². The average molecular weight is 623 g/mol. The molecule has 3 aromatic heterocycles. The van der Waals surface area contributed by atoms with Crippen LogP contribution in [-0.4, -0.2) is 108 Å². The highest BCUT2D eigenvalue weighted by molar-refractivity contribution is 6.33. The second-order valence-electron chi connectivity index (χ2n) is 11.4. The summed E-state index contributed by atoms with van der Waals surface area (Å²) in [6.07, 6.45) is 7.24. The molecule has 2 atom stereocenters. The normalized spacial score (nSPS) is 18.1. The van der Waals surface area contributed by atoms with Gasteiger partial charge < -0.3 is 30.1 Å². The zero-order valence-electron chi connectivity index (χ0n) is 25.7. The van der Waals surface area contributed by atoms with Gasteiger partial charge in [-0.1, -0.05) is 17.7 Å². The Bertz CT molecular complexity index is 1610. The molecule has 0 saturated carbocycles. The molecule has 2 N–H and O–H groups in total. The second-order valence-corrected chi connectivity index (χ2v) is 11.8. The number of likely N-dealkylation sites (N-methyl/N-ethyl adjacent to an activating group) is 2. The molecule has 14 heteroatoms. The number of benzene rings is 1. The van der Waals surface area contributed by atoms with Crippen LogP contribution >= 0.6 is 11.6 Å². The number of ether oxygens (including phenoxy) is 1. The Hall–Kier alpha value is -4.04. The molecule has 2 aliphatic heterocycles. The van der Waals surface area contributed by atoms with Crippen LogP contribution in [0.4, 0.5) is 23.0 Å². The van der Waals surface area contributed by atoms with E-state index in [9.17, 15) is 10.1 Å². The number of hydrogen-bond donors (Lipinski definition) is 2. The Morgan fingerprint density at radius 2 is 1.93 bits per heavy atom. The number of nitrogens with one attached hydrogen (secondary N) is 2. The molecule has 0 bridgehead atoms. The number of rotatable bonds is 8. The van der Waals surface area contributed by atoms with Crippen molar-refractivity contribution in [2.75, 3.05) is 71.7 Å². The molecule has 0 spiro atoms. The van der Waals surface area contributed by atoms with Crippen LogP contribution in [0.15, 0.2) is 48.9 Å². The molecule has 2 saturated heterocycles. The van der Waals surface area contributed by atoms with E-state index in [4.69, 9.17) is 16.3 Å². The number of nitro groups is 1. The third-order valence-corrected chi connectivity index (χ3v) is 8.44. The fourth-order valence-electron chi connectivity index (χ4n) is 5.54. The maximum Gasteiger partial charge on any atom is 0.294 e. The SMILES string of the molecule is CN(C)[C@H]1CCNC1.COc1cc(N2CC[C@H](N(C)C)C2)c([N+](=O)[O-])cc1Nc1ncc(Cl)c(-c2cnn3ccccc23)n1. The molecule has 234 valence electrons. The predicted octanol–water partition coefficient (Wildman–Crippen LogP) is 4.16. The fraction of sp³-hybridized carbons (Fsp3) is 0.433. The Morgan fingerprint density at radius 3 is 2.57 bits per heavy atom. The third kappa shape index (κ3) is 6.86. The van der Waals surface area contributed by atoms with E-state index in [1.807, 2.05) is 43.4 Å². The molecular weight excluding hydrogens is 584 g/mol. The van der Waals surface area contributed by atoms with Crippen molar-refractivity contribution in [3.8, 4) is 17.0 Å². The number of aromatic nitrogens is 4. The lowest BCUT2D eigenvalue weighted by Crippen LogP contribution is -2.31. The van der Waals surface area contributed by atoms with Gasteiger partial charge in [0, 0.05) is 55.6 Å². The van der Waals surface area contributed by atoms with Crippen LogP contribution in [-0.2, 0) is 0 Å². The van der Waals surface area contributed by atoms with E-state index in [0.717, 1.165) is 30.1 Å². The molecule has 0 aliphatic carbocycles. The van der Waals surface area contributed by atoms with Gasteiger partial charge in [-0.15, -0.1) is 0 Å². The van der Waals surface area contributed by atoms with E-state index < -0.39 is 0 Å². The molecule has 6 rings (SSSR count). The lowest BCUT2D eigenvalue weighted by atomic mass is 10.2. The fourth-order valence-corrected chi connectivity index (χ4v) is 5.73. The molecule has 1 aromatic carbocycles. The van der Waals surface area contributed by atoms with E-state index in [2.05, 4.69) is 49.6 Å². The monoisotopic (exact) mass is 622 g/mol. The first kappa shape index (κ1) is 31.4. The molecule has 5 heterocycles. The first-order chi connectivity index (χ1) is 21.2. The summed E-state index contributed by atoms with van der Waals surface area (Å²) >= 11 is 6.43. The quantitative estimate of drug-likeness (QED) is 0.217. The van der Waals surface area contributed by atoms with Gasteiger partial charge in [-0.2, -0.15) is 5.10 Å². The predicted molar refractivity (Wildman–Crippen MR) is 173 cm³/mol. The lowest BCUT2D eigenvalue weighted by molar-refractivity contribution is -0.384. The molecule has 4 aromatic rings. The van der Waals surface area contributed by atoms with Crippen LogP contribution in [0, 0.1) is 10.1 Å². The molecule has 2 aliphatic rings. The standard InChI is InChI=1S/C24H25ClN8O3.C6H14N2/c1-30(2)15-7-9-31(14-15)20-11-22(36-3)18(10-21(20)33(34)35)28-24-26-13-17(25)23(29-24)16-12-27-32-8-5-4-6-19(16)32;1-8(2)6-3-4-7-5-6/h4-6,8,10-13,15H,7,9,14H2,1-3H3,(H,26,28,29);6-7H,3-5H2,1-2H3/t15-;6-/m00/s1. The van der Waals surface area contributed by atoms with Crippen molar-refractivity contribution in [1.82, 2.24) is 34.7 Å². The van der Waals surface area contributed by atoms with Gasteiger partial charge >= 0.3 is 0 Å². The largest absolute Gasteiger partial charge is 0.494 e. The molecule has 2 fully saturated rings. The van der Waals surface area contributed by atoms with E-state index in [-0.39, 0.29) is 16.6 Å². The van der Waals surface area contributed by atoms with Crippen molar-refractivity contribution in [2.24, 2.45) is 0 Å². The third-order valence-electron chi connectivity index (χ3n) is 8.16. The maximum atomic E-state index is 12.0. The summed E-state index contributed by atoms with van der Waals surface area (Å²) in [5.74, 6) is 0.666. The van der Waals surface area contributed by atoms with Crippen LogP contribution in [0.25, 0.3) is 16.8 Å². The minimum Gasteiger partial charge on any atom is -0.494 e. The van der Waals surface area contributed by atoms with E-state index in [0.29, 0.717) is 40.4 Å². The van der Waals surface area contributed by atoms with Gasteiger partial charge in [0.15, 0.2) is 0 Å². The summed E-state index contributed by atoms with van der Waals surface area (Å²) < 4.78 is 7.32. The van der Waals surface area contributed by atoms with Gasteiger partial charge in [-0.3, -0.25) is 10.1 Å². The van der Waals surface area contributed by atoms with Gasteiger partial charge in [-0.05, 0) is 59.7 Å². The van der Waals surface area contributed by atoms with Gasteiger partial charge in [0.05, 0.1) is 46.3 Å². The van der Waals surface area contributed by atoms with Gasteiger partial charge in [0.1, 0.15) is 11.4 Å². The van der Waals surface area contributed by atoms with E-state index in [1.165, 1.54) is 38.9 Å². The Morgan fingerprint density at radius 1 is 1.14 bits per heavy atom. The number of methoxy groups -OCH3 is 1. The van der Waals surface area contributed by atoms with Crippen molar-refractivity contribution < 1.29 is 9.66 Å². The number of nitro benzene ring substituents is 1. The summed E-state index contributed by atoms with van der Waals surface area (Å²) in [7, 11) is 9.83. The van der Waals surface area contributed by atoms with E-state index >= 15 is 0 Å². The summed E-state index contributed by atoms with van der Waals surface area (Å²) in [6, 6.07) is 9.97. The maximum absolute atomic E-state index is 12.0. The highest BCUT2D eigenvalue weighted by Gasteiger charge is 2.30. The molecule has 0 unspecified atom stereocenters. The Kier molecular flexibility index (Phi) is 9.79. The molecule has 0 amide bonds. The summed E-state index contributed by atoms with van der Waals surface area (Å²) in [5.41, 5.74) is 2.95. The lowest BCUT2D eigenvalue weighted by Gasteiger charge is -2.22. The summed E-state index contributed by atoms with van der Waals surface area (Å²) in [6.45, 7) is 3.80. The smallest absolute Gasteiger partial charge is 0.294 e. The van der Waals surface area contributed by atoms with Crippen molar-refractivity contribution in [3.63, 3.8) is 0 Å². The van der Waals surface area contributed by atoms with Crippen molar-refractivity contribution >= 4 is 40.1 Å². The first-order valence-electron chi connectivity index (χ1n) is 14.5. The highest BCUT2D eigenvalue weighted by Crippen LogP contribution is 2.41. The molecule has 44 heavy (non-hydrogen) atoms. The first-order valence-corrected chi connectivity index (χ1v) is 14.9. The van der Waals surface area contributed by atoms with Gasteiger partial charge in [-0.25, -0.2) is 14.5 Å². The summed E-state index contributed by atoms with van der Waals surface area (Å²) in [4.78, 5) is 27.0. The van der Waals surface area contributed by atoms with E-state index in [1.54, 1.807) is 16.8 Å². The molecule has 0 radical (unpaired) electrons. The number of pyridine rings is 1. The number of fused-ring (bicyclic) bond motifs is 1.